The molecule has 2 N–H and O–H groups in total. The first-order valence-corrected chi connectivity index (χ1v) is 7.53. The van der Waals surface area contributed by atoms with Crippen LogP contribution in [-0.2, 0) is 9.59 Å². The van der Waals surface area contributed by atoms with Crippen LogP contribution in [0.25, 0.3) is 0 Å². The first kappa shape index (κ1) is 15.5. The lowest BCUT2D eigenvalue weighted by molar-refractivity contribution is -0.131. The fraction of sp³-hybridized carbons (Fsp3) is 0.176. The van der Waals surface area contributed by atoms with Gasteiger partial charge in [-0.25, -0.2) is 4.39 Å². The number of carbonyl (C=O) groups excluding carboxylic acids is 2. The minimum Gasteiger partial charge on any atom is -0.324 e. The molecule has 1 fully saturated rings. The van der Waals surface area contributed by atoms with Crippen molar-refractivity contribution in [2.45, 2.75) is 12.8 Å². The monoisotopic (exact) mass is 332 g/mol. The number of amides is 2. The number of benzene rings is 2. The van der Waals surface area contributed by atoms with Gasteiger partial charge in [0.25, 0.3) is 0 Å². The molecular formula is C17H14ClFN2O2. The molecule has 2 aromatic rings. The highest BCUT2D eigenvalue weighted by atomic mass is 35.5. The van der Waals surface area contributed by atoms with Crippen molar-refractivity contribution < 1.29 is 14.0 Å². The predicted octanol–water partition coefficient (Wildman–Crippen LogP) is 3.84. The molecule has 0 aliphatic heterocycles. The van der Waals surface area contributed by atoms with Crippen molar-refractivity contribution in [2.75, 3.05) is 10.6 Å². The summed E-state index contributed by atoms with van der Waals surface area (Å²) in [6.07, 6.45) is 0.840. The molecule has 6 heteroatoms. The van der Waals surface area contributed by atoms with Crippen LogP contribution in [0.2, 0.25) is 5.02 Å². The second kappa shape index (κ2) is 6.01. The normalized spacial score (nSPS) is 14.9. The minimum absolute atomic E-state index is 0.0642. The molecule has 0 heterocycles. The Labute approximate surface area is 137 Å². The van der Waals surface area contributed by atoms with Gasteiger partial charge < -0.3 is 10.6 Å². The lowest BCUT2D eigenvalue weighted by Crippen LogP contribution is -2.35. The topological polar surface area (TPSA) is 58.2 Å². The highest BCUT2D eigenvalue weighted by Crippen LogP contribution is 2.47. The summed E-state index contributed by atoms with van der Waals surface area (Å²) in [7, 11) is 0. The van der Waals surface area contributed by atoms with E-state index in [1.54, 1.807) is 30.3 Å². The summed E-state index contributed by atoms with van der Waals surface area (Å²) in [4.78, 5) is 24.8. The number of carbonyl (C=O) groups is 2. The maximum atomic E-state index is 13.6. The van der Waals surface area contributed by atoms with Crippen LogP contribution < -0.4 is 10.6 Å². The molecule has 2 amide bonds. The summed E-state index contributed by atoms with van der Waals surface area (Å²) >= 11 is 6.00. The average Bonchev–Trinajstić information content (AvgIpc) is 3.34. The Bertz CT molecular complexity index is 713. The van der Waals surface area contributed by atoms with Gasteiger partial charge in [-0.05, 0) is 37.1 Å². The van der Waals surface area contributed by atoms with Gasteiger partial charge in [0, 0.05) is 0 Å². The molecule has 0 saturated heterocycles. The SMILES string of the molecule is O=C(Nc1ccccc1F)C1(C(=O)Nc2ccccc2Cl)CC1. The smallest absolute Gasteiger partial charge is 0.240 e. The van der Waals surface area contributed by atoms with Gasteiger partial charge in [-0.2, -0.15) is 0 Å². The minimum atomic E-state index is -1.17. The summed E-state index contributed by atoms with van der Waals surface area (Å²) in [5, 5.41) is 5.55. The third kappa shape index (κ3) is 3.05. The lowest BCUT2D eigenvalue weighted by Gasteiger charge is -2.16. The highest BCUT2D eigenvalue weighted by Gasteiger charge is 2.56. The standard InChI is InChI=1S/C17H14ClFN2O2/c18-11-5-1-3-7-13(11)20-15(22)17(9-10-17)16(23)21-14-8-4-2-6-12(14)19/h1-8H,9-10H2,(H,20,22)(H,21,23). The van der Waals surface area contributed by atoms with Gasteiger partial charge in [0.05, 0.1) is 16.4 Å². The van der Waals surface area contributed by atoms with Crippen LogP contribution in [0.5, 0.6) is 0 Å². The first-order valence-electron chi connectivity index (χ1n) is 7.15. The van der Waals surface area contributed by atoms with E-state index in [1.165, 1.54) is 18.2 Å². The van der Waals surface area contributed by atoms with E-state index >= 15 is 0 Å². The van der Waals surface area contributed by atoms with Crippen LogP contribution in [0.1, 0.15) is 12.8 Å². The van der Waals surface area contributed by atoms with Gasteiger partial charge in [-0.1, -0.05) is 35.9 Å². The van der Waals surface area contributed by atoms with E-state index in [-0.39, 0.29) is 5.69 Å². The number of hydrogen-bond donors (Lipinski definition) is 2. The molecule has 0 spiro atoms. The van der Waals surface area contributed by atoms with Crippen molar-refractivity contribution in [2.24, 2.45) is 5.41 Å². The summed E-state index contributed by atoms with van der Waals surface area (Å²) < 4.78 is 13.6. The largest absolute Gasteiger partial charge is 0.324 e. The second-order valence-electron chi connectivity index (χ2n) is 5.45. The highest BCUT2D eigenvalue weighted by molar-refractivity contribution is 6.34. The molecule has 1 aliphatic carbocycles. The number of rotatable bonds is 4. The number of para-hydroxylation sites is 2. The van der Waals surface area contributed by atoms with Crippen LogP contribution in [-0.4, -0.2) is 11.8 Å². The fourth-order valence-corrected chi connectivity index (χ4v) is 2.47. The van der Waals surface area contributed by atoms with Crippen molar-refractivity contribution in [3.05, 3.63) is 59.4 Å². The number of hydrogen-bond acceptors (Lipinski definition) is 2. The van der Waals surface area contributed by atoms with Gasteiger partial charge >= 0.3 is 0 Å². The molecule has 118 valence electrons. The second-order valence-corrected chi connectivity index (χ2v) is 5.86. The number of halogens is 2. The number of anilines is 2. The summed E-state index contributed by atoms with van der Waals surface area (Å²) in [6, 6.07) is 12.6. The van der Waals surface area contributed by atoms with E-state index in [0.29, 0.717) is 23.6 Å². The van der Waals surface area contributed by atoms with Gasteiger partial charge in [-0.15, -0.1) is 0 Å². The average molecular weight is 333 g/mol. The van der Waals surface area contributed by atoms with Crippen LogP contribution in [0.15, 0.2) is 48.5 Å². The van der Waals surface area contributed by atoms with Crippen LogP contribution in [0.3, 0.4) is 0 Å². The third-order valence-electron chi connectivity index (χ3n) is 3.86. The molecule has 1 aliphatic rings. The van der Waals surface area contributed by atoms with Crippen molar-refractivity contribution in [3.8, 4) is 0 Å². The van der Waals surface area contributed by atoms with Gasteiger partial charge in [0.1, 0.15) is 11.2 Å². The van der Waals surface area contributed by atoms with Crippen molar-refractivity contribution >= 4 is 34.8 Å². The van der Waals surface area contributed by atoms with Crippen LogP contribution in [0.4, 0.5) is 15.8 Å². The molecule has 0 unspecified atom stereocenters. The maximum Gasteiger partial charge on any atom is 0.240 e. The van der Waals surface area contributed by atoms with Crippen LogP contribution >= 0.6 is 11.6 Å². The molecule has 3 rings (SSSR count). The molecule has 4 nitrogen and oxygen atoms in total. The van der Waals surface area contributed by atoms with Gasteiger partial charge in [0.2, 0.25) is 11.8 Å². The molecule has 0 atom stereocenters. The lowest BCUT2D eigenvalue weighted by atomic mass is 10.0. The van der Waals surface area contributed by atoms with E-state index in [2.05, 4.69) is 10.6 Å². The Kier molecular flexibility index (Phi) is 4.05. The van der Waals surface area contributed by atoms with Crippen molar-refractivity contribution in [1.29, 1.82) is 0 Å². The molecule has 23 heavy (non-hydrogen) atoms. The molecule has 0 bridgehead atoms. The van der Waals surface area contributed by atoms with E-state index in [9.17, 15) is 14.0 Å². The molecule has 1 saturated carbocycles. The van der Waals surface area contributed by atoms with E-state index in [1.807, 2.05) is 0 Å². The zero-order valence-corrected chi connectivity index (χ0v) is 12.9. The third-order valence-corrected chi connectivity index (χ3v) is 4.19. The zero-order chi connectivity index (χ0) is 16.4. The summed E-state index contributed by atoms with van der Waals surface area (Å²) in [5.74, 6) is -1.48. The Hall–Kier alpha value is -2.40. The van der Waals surface area contributed by atoms with Gasteiger partial charge in [-0.3, -0.25) is 9.59 Å². The predicted molar refractivity (Wildman–Crippen MR) is 86.8 cm³/mol. The zero-order valence-electron chi connectivity index (χ0n) is 12.1. The maximum absolute atomic E-state index is 13.6. The molecule has 0 radical (unpaired) electrons. The van der Waals surface area contributed by atoms with Crippen molar-refractivity contribution in [1.82, 2.24) is 0 Å². The van der Waals surface area contributed by atoms with Crippen LogP contribution in [0, 0.1) is 11.2 Å². The van der Waals surface area contributed by atoms with Crippen molar-refractivity contribution in [3.63, 3.8) is 0 Å². The Morgan fingerprint density at radius 1 is 0.913 bits per heavy atom. The van der Waals surface area contributed by atoms with E-state index in [4.69, 9.17) is 11.6 Å². The first-order chi connectivity index (χ1) is 11.0. The Morgan fingerprint density at radius 3 is 2.00 bits per heavy atom. The quantitative estimate of drug-likeness (QED) is 0.836. The number of nitrogens with one attached hydrogen (secondary N) is 2. The van der Waals surface area contributed by atoms with E-state index in [0.717, 1.165) is 0 Å². The summed E-state index contributed by atoms with van der Waals surface area (Å²) in [6.45, 7) is 0. The summed E-state index contributed by atoms with van der Waals surface area (Å²) in [5.41, 5.74) is -0.653. The Balaban J connectivity index is 1.74. The van der Waals surface area contributed by atoms with Gasteiger partial charge in [0.15, 0.2) is 0 Å². The molecule has 0 aromatic heterocycles. The fourth-order valence-electron chi connectivity index (χ4n) is 2.29. The molecular weight excluding hydrogens is 319 g/mol. The molecule has 2 aromatic carbocycles. The van der Waals surface area contributed by atoms with E-state index < -0.39 is 23.0 Å². The Morgan fingerprint density at radius 2 is 1.43 bits per heavy atom.